The number of anilines is 1. The first-order valence-corrected chi connectivity index (χ1v) is 28.8. The van der Waals surface area contributed by atoms with E-state index in [0.717, 1.165) is 130 Å². The molecule has 0 saturated carbocycles. The van der Waals surface area contributed by atoms with Crippen LogP contribution in [0.1, 0.15) is 19.3 Å². The SMILES string of the molecule is [c-]1n(-c2cccc(Oc3ccc4c5ccccc5n(-c5cc(N6CCCCC6)ccn5)c4c3)c2)c2ccccc2[n+]1-c1c(-c2cc(-c3ccccc3)cc(-c3ccccc3)c2)cccc1-c1cc(-c2ccccc2)cc(-c2ccccc2)c1. The highest BCUT2D eigenvalue weighted by atomic mass is 16.5. The van der Waals surface area contributed by atoms with E-state index < -0.39 is 0 Å². The van der Waals surface area contributed by atoms with Crippen LogP contribution in [0.2, 0.25) is 0 Å². The number of hydrogen-bond acceptors (Lipinski definition) is 3. The second-order valence-corrected chi connectivity index (χ2v) is 21.6. The van der Waals surface area contributed by atoms with Gasteiger partial charge < -0.3 is 9.64 Å². The molecule has 0 radical (unpaired) electrons. The van der Waals surface area contributed by atoms with Crippen molar-refractivity contribution in [2.24, 2.45) is 0 Å². The van der Waals surface area contributed by atoms with Gasteiger partial charge in [0.2, 0.25) is 0 Å². The number of imidazole rings is 1. The summed E-state index contributed by atoms with van der Waals surface area (Å²) in [5, 5.41) is 2.33. The minimum Gasteiger partial charge on any atom is -0.458 e. The zero-order chi connectivity index (χ0) is 55.1. The van der Waals surface area contributed by atoms with E-state index in [9.17, 15) is 0 Å². The molecule has 1 aliphatic heterocycles. The Morgan fingerprint density at radius 1 is 0.361 bits per heavy atom. The van der Waals surface area contributed by atoms with Crippen LogP contribution in [0.15, 0.2) is 285 Å². The van der Waals surface area contributed by atoms with Gasteiger partial charge in [-0.1, -0.05) is 188 Å². The fourth-order valence-corrected chi connectivity index (χ4v) is 12.4. The third kappa shape index (κ3) is 9.50. The van der Waals surface area contributed by atoms with Crippen LogP contribution in [0, 0.1) is 6.33 Å². The maximum Gasteiger partial charge on any atom is 0.269 e. The molecule has 1 saturated heterocycles. The van der Waals surface area contributed by atoms with Crippen LogP contribution in [0.4, 0.5) is 5.69 Å². The highest BCUT2D eigenvalue weighted by Gasteiger charge is 2.23. The molecule has 14 aromatic rings. The zero-order valence-electron chi connectivity index (χ0n) is 45.8. The van der Waals surface area contributed by atoms with E-state index >= 15 is 0 Å². The van der Waals surface area contributed by atoms with Crippen molar-refractivity contribution in [2.75, 3.05) is 18.0 Å². The molecule has 15 rings (SSSR count). The second-order valence-electron chi connectivity index (χ2n) is 21.6. The highest BCUT2D eigenvalue weighted by Crippen LogP contribution is 2.42. The minimum absolute atomic E-state index is 0.714. The molecule has 1 fully saturated rings. The van der Waals surface area contributed by atoms with Crippen LogP contribution < -0.4 is 14.2 Å². The molecule has 0 atom stereocenters. The lowest BCUT2D eigenvalue weighted by molar-refractivity contribution is -0.571. The summed E-state index contributed by atoms with van der Waals surface area (Å²) >= 11 is 0. The maximum absolute atomic E-state index is 6.93. The van der Waals surface area contributed by atoms with Crippen molar-refractivity contribution in [3.8, 4) is 95.5 Å². The molecule has 0 aliphatic carbocycles. The molecule has 396 valence electrons. The van der Waals surface area contributed by atoms with Gasteiger partial charge in [-0.2, -0.15) is 0 Å². The Labute approximate surface area is 483 Å². The number of ether oxygens (including phenoxy) is 1. The molecule has 6 heteroatoms. The third-order valence-corrected chi connectivity index (χ3v) is 16.4. The van der Waals surface area contributed by atoms with Crippen LogP contribution in [0.5, 0.6) is 11.5 Å². The van der Waals surface area contributed by atoms with E-state index in [1.165, 1.54) is 30.3 Å². The quantitative estimate of drug-likeness (QED) is 0.0904. The van der Waals surface area contributed by atoms with Crippen molar-refractivity contribution in [3.05, 3.63) is 292 Å². The Morgan fingerprint density at radius 3 is 1.47 bits per heavy atom. The van der Waals surface area contributed by atoms with Crippen molar-refractivity contribution in [2.45, 2.75) is 19.3 Å². The lowest BCUT2D eigenvalue weighted by Crippen LogP contribution is -2.31. The van der Waals surface area contributed by atoms with E-state index in [4.69, 9.17) is 9.72 Å². The van der Waals surface area contributed by atoms with E-state index in [0.29, 0.717) is 5.75 Å². The summed E-state index contributed by atoms with van der Waals surface area (Å²) in [7, 11) is 0. The summed E-state index contributed by atoms with van der Waals surface area (Å²) in [4.78, 5) is 7.48. The largest absolute Gasteiger partial charge is 0.458 e. The standard InChI is InChI=1S/C77H57N5O/c1-6-22-54(23-7-1)58-44-59(55-24-8-2-9-25-55)47-62(46-58)68-33-21-34-69(63-48-60(56-26-10-3-11-27-56)45-61(49-63)57-28-12-4-13-29-57)77(68)81-53-80(73-36-16-17-37-74(73)81)65-30-20-31-66(50-65)83-67-38-39-71-70-32-14-15-35-72(70)82(75(71)52-67)76-51-64(40-41-78-76)79-42-18-5-19-43-79/h1-4,6-17,20-41,44-52H,5,18-19,42-43H2. The number of benzene rings is 11. The van der Waals surface area contributed by atoms with Crippen LogP contribution in [0.3, 0.4) is 0 Å². The zero-order valence-corrected chi connectivity index (χ0v) is 45.8. The lowest BCUT2D eigenvalue weighted by atomic mass is 9.89. The summed E-state index contributed by atoms with van der Waals surface area (Å²) in [5.41, 5.74) is 20.8. The Balaban J connectivity index is 0.894. The van der Waals surface area contributed by atoms with Crippen molar-refractivity contribution in [3.63, 3.8) is 0 Å². The van der Waals surface area contributed by atoms with Gasteiger partial charge in [0.25, 0.3) is 6.33 Å². The number of fused-ring (bicyclic) bond motifs is 4. The number of aromatic nitrogens is 4. The number of para-hydroxylation sites is 4. The number of nitrogens with zero attached hydrogens (tertiary/aromatic N) is 5. The fourth-order valence-electron chi connectivity index (χ4n) is 12.4. The van der Waals surface area contributed by atoms with Gasteiger partial charge in [0.1, 0.15) is 17.3 Å². The normalized spacial score (nSPS) is 12.6. The van der Waals surface area contributed by atoms with E-state index in [1.807, 2.05) is 12.3 Å². The van der Waals surface area contributed by atoms with E-state index in [-0.39, 0.29) is 0 Å². The van der Waals surface area contributed by atoms with Crippen LogP contribution >= 0.6 is 0 Å². The summed E-state index contributed by atoms with van der Waals surface area (Å²) in [5.74, 6) is 2.35. The van der Waals surface area contributed by atoms with E-state index in [1.54, 1.807) is 0 Å². The summed E-state index contributed by atoms with van der Waals surface area (Å²) in [6, 6.07) is 100. The Morgan fingerprint density at radius 2 is 0.867 bits per heavy atom. The monoisotopic (exact) mass is 1070 g/mol. The molecule has 0 N–H and O–H groups in total. The summed E-state index contributed by atoms with van der Waals surface area (Å²) in [6.07, 6.45) is 9.64. The van der Waals surface area contributed by atoms with Crippen molar-refractivity contribution >= 4 is 38.5 Å². The van der Waals surface area contributed by atoms with Gasteiger partial charge in [0, 0.05) is 47.9 Å². The molecule has 11 aromatic carbocycles. The topological polar surface area (TPSA) is 39.1 Å². The van der Waals surface area contributed by atoms with Crippen molar-refractivity contribution < 1.29 is 9.30 Å². The van der Waals surface area contributed by atoms with Gasteiger partial charge in [-0.3, -0.25) is 13.7 Å². The molecule has 6 nitrogen and oxygen atoms in total. The molecular weight excluding hydrogens is 1010 g/mol. The third-order valence-electron chi connectivity index (χ3n) is 16.4. The van der Waals surface area contributed by atoms with Crippen LogP contribution in [-0.2, 0) is 0 Å². The molecule has 0 amide bonds. The number of rotatable bonds is 12. The van der Waals surface area contributed by atoms with Crippen LogP contribution in [-0.4, -0.2) is 27.2 Å². The van der Waals surface area contributed by atoms with Crippen molar-refractivity contribution in [1.82, 2.24) is 14.1 Å². The molecule has 0 bridgehead atoms. The second kappa shape index (κ2) is 21.5. The molecule has 83 heavy (non-hydrogen) atoms. The number of hydrogen-bond donors (Lipinski definition) is 0. The maximum atomic E-state index is 6.93. The summed E-state index contributed by atoms with van der Waals surface area (Å²) in [6.45, 7) is 2.13. The minimum atomic E-state index is 0.714. The van der Waals surface area contributed by atoms with Crippen LogP contribution in [0.25, 0.3) is 117 Å². The Bertz CT molecular complexity index is 4420. The number of piperidine rings is 1. The molecular formula is C77H57N5O. The number of pyridine rings is 1. The first kappa shape index (κ1) is 49.5. The highest BCUT2D eigenvalue weighted by molar-refractivity contribution is 6.09. The summed E-state index contributed by atoms with van der Waals surface area (Å²) < 4.78 is 13.7. The van der Waals surface area contributed by atoms with Gasteiger partial charge in [0.05, 0.1) is 33.4 Å². The van der Waals surface area contributed by atoms with Gasteiger partial charge in [-0.05, 0) is 165 Å². The molecule has 0 unspecified atom stereocenters. The van der Waals surface area contributed by atoms with Gasteiger partial charge in [-0.15, -0.1) is 0 Å². The van der Waals surface area contributed by atoms with Crippen molar-refractivity contribution in [1.29, 1.82) is 0 Å². The van der Waals surface area contributed by atoms with E-state index in [2.05, 4.69) is 298 Å². The fraction of sp³-hybridized carbons (Fsp3) is 0.0649. The predicted molar refractivity (Wildman–Crippen MR) is 341 cm³/mol. The van der Waals surface area contributed by atoms with Gasteiger partial charge in [0.15, 0.2) is 0 Å². The Kier molecular flexibility index (Phi) is 12.8. The molecule has 3 aromatic heterocycles. The van der Waals surface area contributed by atoms with Gasteiger partial charge in [-0.25, -0.2) is 4.98 Å². The molecule has 1 aliphatic rings. The predicted octanol–water partition coefficient (Wildman–Crippen LogP) is 19.0. The molecule has 4 heterocycles. The first-order valence-electron chi connectivity index (χ1n) is 28.8. The first-order chi connectivity index (χ1) is 41.1. The smallest absolute Gasteiger partial charge is 0.269 e. The Hall–Kier alpha value is -10.6. The lowest BCUT2D eigenvalue weighted by Gasteiger charge is -2.29. The average molecular weight is 1070 g/mol. The molecule has 0 spiro atoms. The van der Waals surface area contributed by atoms with Gasteiger partial charge >= 0.3 is 0 Å². The average Bonchev–Trinajstić information content (AvgIpc) is 3.47.